The molecule has 0 saturated heterocycles. The fourth-order valence-electron chi connectivity index (χ4n) is 2.88. The summed E-state index contributed by atoms with van der Waals surface area (Å²) in [6.07, 6.45) is 0.750. The fourth-order valence-corrected chi connectivity index (χ4v) is 3.01. The molecule has 0 atom stereocenters. The third-order valence-electron chi connectivity index (χ3n) is 4.17. The monoisotopic (exact) mass is 426 g/mol. The van der Waals surface area contributed by atoms with Gasteiger partial charge in [0, 0.05) is 47.0 Å². The first-order valence-electron chi connectivity index (χ1n) is 8.91. The second kappa shape index (κ2) is 10.1. The summed E-state index contributed by atoms with van der Waals surface area (Å²) in [5.74, 6) is 0. The van der Waals surface area contributed by atoms with Crippen molar-refractivity contribution in [3.05, 3.63) is 77.4 Å². The zero-order valence-corrected chi connectivity index (χ0v) is 18.0. The minimum Gasteiger partial charge on any atom is -1.00 e. The number of aryl methyl sites for hydroxylation is 1. The molecule has 3 aromatic carbocycles. The maximum Gasteiger partial charge on any atom is 0.209 e. The number of carbonyl (C=O) groups is 1. The van der Waals surface area contributed by atoms with Gasteiger partial charge in [-0.3, -0.25) is 9.78 Å². The highest BCUT2D eigenvalue weighted by molar-refractivity contribution is 6.30. The molecule has 0 fully saturated rings. The van der Waals surface area contributed by atoms with Crippen LogP contribution >= 0.6 is 11.6 Å². The molecule has 150 valence electrons. The lowest BCUT2D eigenvalue weighted by molar-refractivity contribution is -0.115. The Kier molecular flexibility index (Phi) is 7.82. The van der Waals surface area contributed by atoms with Crippen molar-refractivity contribution in [2.75, 3.05) is 19.4 Å². The molecule has 0 aliphatic carbocycles. The largest absolute Gasteiger partial charge is 1.00 e. The minimum absolute atomic E-state index is 0. The number of benzene rings is 3. The fraction of sp³-hybridized carbons (Fsp3) is 0.130. The van der Waals surface area contributed by atoms with Gasteiger partial charge in [-0.1, -0.05) is 48.0 Å². The Balaban J connectivity index is 0.000000450. The number of hydrogen-bond acceptors (Lipinski definition) is 3. The van der Waals surface area contributed by atoms with Crippen LogP contribution in [0.3, 0.4) is 0 Å². The third kappa shape index (κ3) is 5.59. The number of carbonyl (C=O) groups excluding carboxylic acids is 1. The summed E-state index contributed by atoms with van der Waals surface area (Å²) in [5.41, 5.74) is 4.08. The first-order valence-corrected chi connectivity index (χ1v) is 9.29. The van der Waals surface area contributed by atoms with Gasteiger partial charge in [0.25, 0.3) is 0 Å². The summed E-state index contributed by atoms with van der Waals surface area (Å²) in [6.45, 7) is 2.02. The predicted octanol–water partition coefficient (Wildman–Crippen LogP) is 2.80. The molecule has 0 spiro atoms. The molecule has 1 heterocycles. The lowest BCUT2D eigenvalue weighted by Gasteiger charge is -2.12. The van der Waals surface area contributed by atoms with Crippen LogP contribution < -0.4 is 17.7 Å². The second-order valence-corrected chi connectivity index (χ2v) is 7.13. The Hall–Kier alpha value is -2.82. The van der Waals surface area contributed by atoms with Crippen LogP contribution in [0.15, 0.2) is 66.7 Å². The third-order valence-corrected chi connectivity index (χ3v) is 4.42. The van der Waals surface area contributed by atoms with Crippen molar-refractivity contribution >= 4 is 51.1 Å². The molecule has 1 aromatic heterocycles. The van der Waals surface area contributed by atoms with Gasteiger partial charge in [-0.2, -0.15) is 0 Å². The van der Waals surface area contributed by atoms with Crippen molar-refractivity contribution in [2.24, 2.45) is 0 Å². The van der Waals surface area contributed by atoms with Gasteiger partial charge in [-0.05, 0) is 42.6 Å². The van der Waals surface area contributed by atoms with Crippen molar-refractivity contribution in [3.8, 4) is 0 Å². The van der Waals surface area contributed by atoms with Gasteiger partial charge >= 0.3 is 0 Å². The molecule has 4 rings (SSSR count). The average molecular weight is 427 g/mol. The van der Waals surface area contributed by atoms with E-state index in [0.29, 0.717) is 0 Å². The standard InChI is InChI=1S/C20H15ClN2.C3H7NO.ClH/c1-13-12-19(23-16-9-7-15(21)8-10-16)18-11-6-14-4-2-3-5-17(14)20(18)22-13;1-4(2)3-5;/h2-12H,1H3,(H,22,23);3H,1-2H3;1H/p-1. The number of hydrogen-bond donors (Lipinski definition) is 1. The van der Waals surface area contributed by atoms with E-state index in [4.69, 9.17) is 16.6 Å². The van der Waals surface area contributed by atoms with Crippen LogP contribution in [-0.4, -0.2) is 30.4 Å². The second-order valence-electron chi connectivity index (χ2n) is 6.69. The van der Waals surface area contributed by atoms with Crippen molar-refractivity contribution in [1.82, 2.24) is 9.88 Å². The van der Waals surface area contributed by atoms with Gasteiger partial charge in [-0.25, -0.2) is 0 Å². The number of amides is 1. The number of pyridine rings is 1. The normalized spacial score (nSPS) is 9.93. The summed E-state index contributed by atoms with van der Waals surface area (Å²) in [7, 11) is 3.38. The van der Waals surface area contributed by atoms with Gasteiger partial charge in [0.2, 0.25) is 6.41 Å². The molecule has 0 unspecified atom stereocenters. The summed E-state index contributed by atoms with van der Waals surface area (Å²) >= 11 is 5.96. The number of halogens is 2. The molecule has 4 nitrogen and oxygen atoms in total. The van der Waals surface area contributed by atoms with Crippen LogP contribution in [0.5, 0.6) is 0 Å². The van der Waals surface area contributed by atoms with E-state index in [-0.39, 0.29) is 12.4 Å². The highest BCUT2D eigenvalue weighted by Crippen LogP contribution is 2.31. The van der Waals surface area contributed by atoms with Crippen LogP contribution in [0.25, 0.3) is 21.7 Å². The number of aromatic nitrogens is 1. The Morgan fingerprint density at radius 1 is 0.966 bits per heavy atom. The Labute approximate surface area is 181 Å². The van der Waals surface area contributed by atoms with Gasteiger partial charge in [-0.15, -0.1) is 0 Å². The maximum absolute atomic E-state index is 9.43. The lowest BCUT2D eigenvalue weighted by Crippen LogP contribution is -3.00. The summed E-state index contributed by atoms with van der Waals surface area (Å²) in [5, 5.41) is 7.71. The van der Waals surface area contributed by atoms with E-state index >= 15 is 0 Å². The zero-order valence-electron chi connectivity index (χ0n) is 16.5. The van der Waals surface area contributed by atoms with E-state index in [1.807, 2.05) is 31.2 Å². The highest BCUT2D eigenvalue weighted by Gasteiger charge is 2.08. The van der Waals surface area contributed by atoms with E-state index in [1.165, 1.54) is 15.7 Å². The molecule has 6 heteroatoms. The molecule has 0 bridgehead atoms. The van der Waals surface area contributed by atoms with Gasteiger partial charge in [0.15, 0.2) is 0 Å². The molecule has 29 heavy (non-hydrogen) atoms. The SMILES string of the molecule is CN(C)C=O.Cc1cc(Nc2ccc(Cl)cc2)c2ccc3ccccc3c2n1.[Cl-]. The molecule has 0 aliphatic rings. The topological polar surface area (TPSA) is 45.2 Å². The van der Waals surface area contributed by atoms with Gasteiger partial charge in [0.1, 0.15) is 0 Å². The molecule has 1 N–H and O–H groups in total. The quantitative estimate of drug-likeness (QED) is 0.404. The van der Waals surface area contributed by atoms with Crippen LogP contribution in [0, 0.1) is 6.92 Å². The molecule has 0 aliphatic heterocycles. The van der Waals surface area contributed by atoms with Gasteiger partial charge in [0.05, 0.1) is 5.52 Å². The van der Waals surface area contributed by atoms with E-state index in [9.17, 15) is 4.79 Å². The Morgan fingerprint density at radius 3 is 2.28 bits per heavy atom. The zero-order chi connectivity index (χ0) is 20.1. The molecule has 4 aromatic rings. The number of anilines is 2. The van der Waals surface area contributed by atoms with Crippen molar-refractivity contribution in [1.29, 1.82) is 0 Å². The first kappa shape index (κ1) is 22.5. The maximum atomic E-state index is 9.43. The number of nitrogens with one attached hydrogen (secondary N) is 1. The lowest BCUT2D eigenvalue weighted by atomic mass is 10.0. The van der Waals surface area contributed by atoms with E-state index in [1.54, 1.807) is 14.1 Å². The number of fused-ring (bicyclic) bond motifs is 3. The Morgan fingerprint density at radius 2 is 1.62 bits per heavy atom. The van der Waals surface area contributed by atoms with Crippen LogP contribution in [0.2, 0.25) is 5.02 Å². The van der Waals surface area contributed by atoms with E-state index < -0.39 is 0 Å². The molecular formula is C23H22Cl2N3O-. The number of nitrogens with zero attached hydrogens (tertiary/aromatic N) is 2. The van der Waals surface area contributed by atoms with E-state index in [2.05, 4.69) is 47.8 Å². The molecule has 1 amide bonds. The number of rotatable bonds is 3. The van der Waals surface area contributed by atoms with Gasteiger partial charge < -0.3 is 22.6 Å². The van der Waals surface area contributed by atoms with Crippen molar-refractivity contribution in [2.45, 2.75) is 6.92 Å². The van der Waals surface area contributed by atoms with Crippen molar-refractivity contribution < 1.29 is 17.2 Å². The molecule has 0 radical (unpaired) electrons. The van der Waals surface area contributed by atoms with Crippen LogP contribution in [-0.2, 0) is 4.79 Å². The summed E-state index contributed by atoms with van der Waals surface area (Å²) < 4.78 is 0. The van der Waals surface area contributed by atoms with E-state index in [0.717, 1.165) is 39.4 Å². The molecule has 0 saturated carbocycles. The van der Waals surface area contributed by atoms with Crippen LogP contribution in [0.1, 0.15) is 5.69 Å². The summed E-state index contributed by atoms with van der Waals surface area (Å²) in [6, 6.07) is 22.4. The first-order chi connectivity index (χ1) is 13.5. The molecular weight excluding hydrogens is 405 g/mol. The van der Waals surface area contributed by atoms with Crippen LogP contribution in [0.4, 0.5) is 11.4 Å². The smallest absolute Gasteiger partial charge is 0.209 e. The van der Waals surface area contributed by atoms with Crippen molar-refractivity contribution in [3.63, 3.8) is 0 Å². The Bertz CT molecular complexity index is 1110. The highest BCUT2D eigenvalue weighted by atomic mass is 35.5. The summed E-state index contributed by atoms with van der Waals surface area (Å²) in [4.78, 5) is 15.6. The predicted molar refractivity (Wildman–Crippen MR) is 118 cm³/mol. The minimum atomic E-state index is 0. The average Bonchev–Trinajstić information content (AvgIpc) is 2.70.